The third-order valence-electron chi connectivity index (χ3n) is 7.61. The van der Waals surface area contributed by atoms with Gasteiger partial charge in [0.2, 0.25) is 11.8 Å². The average molecular weight is 576 g/mol. The molecule has 0 saturated heterocycles. The summed E-state index contributed by atoms with van der Waals surface area (Å²) in [5.41, 5.74) is 8.80. The molecule has 10 heteroatoms. The summed E-state index contributed by atoms with van der Waals surface area (Å²) in [4.78, 5) is 37.7. The summed E-state index contributed by atoms with van der Waals surface area (Å²) in [7, 11) is 4.77. The lowest BCUT2D eigenvalue weighted by molar-refractivity contribution is -0.142. The van der Waals surface area contributed by atoms with E-state index in [0.717, 1.165) is 28.1 Å². The van der Waals surface area contributed by atoms with E-state index in [1.54, 1.807) is 45.6 Å². The Hall–Kier alpha value is -4.73. The van der Waals surface area contributed by atoms with Crippen LogP contribution in [0, 0.1) is 11.8 Å². The molecule has 0 bridgehead atoms. The number of carboxylic acids is 1. The van der Waals surface area contributed by atoms with Crippen LogP contribution < -0.4 is 30.4 Å². The van der Waals surface area contributed by atoms with E-state index in [9.17, 15) is 19.5 Å². The second kappa shape index (κ2) is 14.2. The fourth-order valence-electron chi connectivity index (χ4n) is 5.20. The number of hydrazine groups is 1. The standard InChI is InChI=1S/C32H37N3O7/c1-40-25-17-15-24(16-18-25)34-35-31(37)23-13-11-22(12-14-23)30(36)33-26(32(38)39)19-20-7-9-21(10-8-20)29-27(41-2)5-4-6-28(29)42-3/h4-10,15-18,22-23,26,34H,11-14,19H2,1-3H3,(H,33,36)(H,35,37)(H,38,39)/t22-,23-,26-/m0/s1. The fourth-order valence-corrected chi connectivity index (χ4v) is 5.20. The number of benzene rings is 3. The molecular weight excluding hydrogens is 538 g/mol. The van der Waals surface area contributed by atoms with Gasteiger partial charge in [0.25, 0.3) is 0 Å². The third-order valence-corrected chi connectivity index (χ3v) is 7.61. The Labute approximate surface area is 245 Å². The first-order valence-electron chi connectivity index (χ1n) is 13.9. The van der Waals surface area contributed by atoms with Crippen molar-refractivity contribution in [1.29, 1.82) is 0 Å². The van der Waals surface area contributed by atoms with Crippen molar-refractivity contribution in [2.24, 2.45) is 11.8 Å². The summed E-state index contributed by atoms with van der Waals surface area (Å²) in [6.07, 6.45) is 2.24. The van der Waals surface area contributed by atoms with Crippen LogP contribution in [-0.4, -0.2) is 50.3 Å². The molecule has 0 radical (unpaired) electrons. The number of amides is 2. The highest BCUT2D eigenvalue weighted by Gasteiger charge is 2.32. The van der Waals surface area contributed by atoms with Crippen molar-refractivity contribution in [3.8, 4) is 28.4 Å². The SMILES string of the molecule is COc1ccc(NNC(=O)[C@H]2CC[C@H](C(=O)N[C@@H](Cc3ccc(-c4c(OC)cccc4OC)cc3)C(=O)O)CC2)cc1. The molecule has 0 aromatic heterocycles. The van der Waals surface area contributed by atoms with Crippen molar-refractivity contribution in [3.05, 3.63) is 72.3 Å². The summed E-state index contributed by atoms with van der Waals surface area (Å²) >= 11 is 0. The number of hydrogen-bond acceptors (Lipinski definition) is 7. The highest BCUT2D eigenvalue weighted by molar-refractivity contribution is 5.86. The van der Waals surface area contributed by atoms with Gasteiger partial charge in [-0.05, 0) is 73.2 Å². The van der Waals surface area contributed by atoms with Crippen LogP contribution in [0.15, 0.2) is 66.7 Å². The third kappa shape index (κ3) is 7.51. The Kier molecular flexibility index (Phi) is 10.3. The minimum atomic E-state index is -1.10. The molecule has 3 aromatic rings. The van der Waals surface area contributed by atoms with Gasteiger partial charge in [0.15, 0.2) is 0 Å². The first-order chi connectivity index (χ1) is 20.3. The van der Waals surface area contributed by atoms with E-state index in [4.69, 9.17) is 14.2 Å². The van der Waals surface area contributed by atoms with E-state index < -0.39 is 12.0 Å². The van der Waals surface area contributed by atoms with E-state index in [-0.39, 0.29) is 30.1 Å². The maximum absolute atomic E-state index is 13.0. The van der Waals surface area contributed by atoms with E-state index in [1.807, 2.05) is 42.5 Å². The summed E-state index contributed by atoms with van der Waals surface area (Å²) in [6, 6.07) is 19.1. The largest absolute Gasteiger partial charge is 0.497 e. The van der Waals surface area contributed by atoms with Crippen LogP contribution in [0.1, 0.15) is 31.2 Å². The van der Waals surface area contributed by atoms with Crippen molar-refractivity contribution in [3.63, 3.8) is 0 Å². The minimum Gasteiger partial charge on any atom is -0.497 e. The quantitative estimate of drug-likeness (QED) is 0.233. The zero-order valence-corrected chi connectivity index (χ0v) is 24.0. The second-order valence-electron chi connectivity index (χ2n) is 10.2. The summed E-state index contributed by atoms with van der Waals surface area (Å²) in [5.74, 6) is -0.0540. The lowest BCUT2D eigenvalue weighted by atomic mass is 9.81. The fraction of sp³-hybridized carbons (Fsp3) is 0.344. The molecule has 3 aromatic carbocycles. The molecule has 1 aliphatic carbocycles. The molecular formula is C32H37N3O7. The van der Waals surface area contributed by atoms with Crippen LogP contribution in [0.5, 0.6) is 17.2 Å². The number of ether oxygens (including phenoxy) is 3. The zero-order chi connectivity index (χ0) is 30.1. The van der Waals surface area contributed by atoms with Crippen LogP contribution in [0.25, 0.3) is 11.1 Å². The lowest BCUT2D eigenvalue weighted by Crippen LogP contribution is -2.46. The first-order valence-corrected chi connectivity index (χ1v) is 13.9. The van der Waals surface area contributed by atoms with Gasteiger partial charge >= 0.3 is 5.97 Å². The van der Waals surface area contributed by atoms with Crippen LogP contribution in [0.4, 0.5) is 5.69 Å². The highest BCUT2D eigenvalue weighted by atomic mass is 16.5. The molecule has 1 atom stereocenters. The average Bonchev–Trinajstić information content (AvgIpc) is 3.03. The molecule has 1 aliphatic rings. The molecule has 1 saturated carbocycles. The number of anilines is 1. The van der Waals surface area contributed by atoms with E-state index in [0.29, 0.717) is 37.2 Å². The van der Waals surface area contributed by atoms with E-state index in [1.165, 1.54) is 0 Å². The number of nitrogens with one attached hydrogen (secondary N) is 3. The van der Waals surface area contributed by atoms with Crippen LogP contribution in [0.2, 0.25) is 0 Å². The normalized spacial score (nSPS) is 16.9. The molecule has 0 spiro atoms. The first kappa shape index (κ1) is 30.2. The second-order valence-corrected chi connectivity index (χ2v) is 10.2. The van der Waals surface area contributed by atoms with Crippen LogP contribution >= 0.6 is 0 Å². The molecule has 0 heterocycles. The molecule has 4 rings (SSSR count). The van der Waals surface area contributed by atoms with Gasteiger partial charge in [-0.3, -0.25) is 20.4 Å². The van der Waals surface area contributed by atoms with Crippen LogP contribution in [0.3, 0.4) is 0 Å². The van der Waals surface area contributed by atoms with Gasteiger partial charge in [0.1, 0.15) is 23.3 Å². The molecule has 1 fully saturated rings. The molecule has 4 N–H and O–H groups in total. The Bertz CT molecular complexity index is 1350. The molecule has 10 nitrogen and oxygen atoms in total. The van der Waals surface area contributed by atoms with Gasteiger partial charge < -0.3 is 24.6 Å². The number of carbonyl (C=O) groups excluding carboxylic acids is 2. The van der Waals surface area contributed by atoms with Gasteiger partial charge in [-0.2, -0.15) is 0 Å². The number of hydrogen-bond donors (Lipinski definition) is 4. The van der Waals surface area contributed by atoms with Gasteiger partial charge in [-0.25, -0.2) is 4.79 Å². The minimum absolute atomic E-state index is 0.137. The van der Waals surface area contributed by atoms with Crippen molar-refractivity contribution < 1.29 is 33.7 Å². The maximum Gasteiger partial charge on any atom is 0.326 e. The molecule has 222 valence electrons. The van der Waals surface area contributed by atoms with Crippen molar-refractivity contribution >= 4 is 23.5 Å². The van der Waals surface area contributed by atoms with Crippen molar-refractivity contribution in [1.82, 2.24) is 10.7 Å². The predicted molar refractivity (Wildman–Crippen MR) is 158 cm³/mol. The van der Waals surface area contributed by atoms with Crippen molar-refractivity contribution in [2.45, 2.75) is 38.1 Å². The van der Waals surface area contributed by atoms with Gasteiger partial charge in [-0.15, -0.1) is 0 Å². The topological polar surface area (TPSA) is 135 Å². The summed E-state index contributed by atoms with van der Waals surface area (Å²) in [6.45, 7) is 0. The lowest BCUT2D eigenvalue weighted by Gasteiger charge is -2.28. The van der Waals surface area contributed by atoms with Gasteiger partial charge in [0.05, 0.1) is 32.6 Å². The monoisotopic (exact) mass is 575 g/mol. The number of carboxylic acid groups (broad SMARTS) is 1. The molecule has 42 heavy (non-hydrogen) atoms. The van der Waals surface area contributed by atoms with Gasteiger partial charge in [-0.1, -0.05) is 30.3 Å². The molecule has 0 unspecified atom stereocenters. The predicted octanol–water partition coefficient (Wildman–Crippen LogP) is 4.44. The van der Waals surface area contributed by atoms with E-state index >= 15 is 0 Å². The zero-order valence-electron chi connectivity index (χ0n) is 24.0. The number of carbonyl (C=O) groups is 3. The highest BCUT2D eigenvalue weighted by Crippen LogP contribution is 2.38. The summed E-state index contributed by atoms with van der Waals surface area (Å²) in [5, 5.41) is 12.5. The maximum atomic E-state index is 13.0. The summed E-state index contributed by atoms with van der Waals surface area (Å²) < 4.78 is 16.1. The Morgan fingerprint density at radius 1 is 0.786 bits per heavy atom. The van der Waals surface area contributed by atoms with Gasteiger partial charge in [0, 0.05) is 18.3 Å². The molecule has 2 amide bonds. The Balaban J connectivity index is 1.29. The number of aliphatic carboxylic acids is 1. The molecule has 0 aliphatic heterocycles. The van der Waals surface area contributed by atoms with Crippen LogP contribution in [-0.2, 0) is 20.8 Å². The smallest absolute Gasteiger partial charge is 0.326 e. The number of rotatable bonds is 12. The Morgan fingerprint density at radius 2 is 1.36 bits per heavy atom. The number of methoxy groups -OCH3 is 3. The van der Waals surface area contributed by atoms with Crippen molar-refractivity contribution in [2.75, 3.05) is 26.8 Å². The van der Waals surface area contributed by atoms with E-state index in [2.05, 4.69) is 16.2 Å². The Morgan fingerprint density at radius 3 is 1.88 bits per heavy atom.